The van der Waals surface area contributed by atoms with E-state index in [1.54, 1.807) is 0 Å². The van der Waals surface area contributed by atoms with Crippen molar-refractivity contribution in [2.45, 2.75) is 25.1 Å². The number of hydrogen-bond acceptors (Lipinski definition) is 7. The number of primary amides is 1. The fourth-order valence-corrected chi connectivity index (χ4v) is 3.77. The Kier molecular flexibility index (Phi) is 6.34. The molecule has 3 aromatic heterocycles. The second-order valence-electron chi connectivity index (χ2n) is 8.16. The molecule has 1 aliphatic carbocycles. The maximum atomic E-state index is 15.1. The maximum absolute atomic E-state index is 15.1. The summed E-state index contributed by atoms with van der Waals surface area (Å²) in [6, 6.07) is 5.24. The molecule has 0 bridgehead atoms. The molecule has 3 heterocycles. The summed E-state index contributed by atoms with van der Waals surface area (Å²) in [5, 5.41) is 6.83. The number of nitrogens with zero attached hydrogens (tertiary/aromatic N) is 5. The molecule has 0 unspecified atom stereocenters. The number of nitrogens with two attached hydrogens (primary N) is 1. The average Bonchev–Trinajstić information content (AvgIpc) is 3.57. The fraction of sp³-hybridized carbons (Fsp3) is 0.174. The average molecular weight is 552 g/mol. The van der Waals surface area contributed by atoms with E-state index in [4.69, 9.17) is 22.1 Å². The largest absolute Gasteiger partial charge is 0.434 e. The molecule has 38 heavy (non-hydrogen) atoms. The summed E-state index contributed by atoms with van der Waals surface area (Å²) in [5.41, 5.74) is 1.59. The smallest absolute Gasteiger partial charge is 0.434 e. The van der Waals surface area contributed by atoms with Gasteiger partial charge >= 0.3 is 6.18 Å². The molecule has 0 aliphatic heterocycles. The van der Waals surface area contributed by atoms with Crippen molar-refractivity contribution in [3.63, 3.8) is 0 Å². The number of rotatable bonds is 7. The number of nitrogens with one attached hydrogen (secondary N) is 1. The van der Waals surface area contributed by atoms with E-state index >= 15 is 4.39 Å². The Bertz CT molecular complexity index is 1560. The monoisotopic (exact) mass is 551 g/mol. The predicted molar refractivity (Wildman–Crippen MR) is 124 cm³/mol. The van der Waals surface area contributed by atoms with Gasteiger partial charge in [-0.15, -0.1) is 0 Å². The lowest BCUT2D eigenvalue weighted by Crippen LogP contribution is -2.21. The molecule has 3 N–H and O–H groups in total. The highest BCUT2D eigenvalue weighted by atomic mass is 35.5. The van der Waals surface area contributed by atoms with Gasteiger partial charge in [-0.2, -0.15) is 23.3 Å². The van der Waals surface area contributed by atoms with E-state index in [-0.39, 0.29) is 32.9 Å². The SMILES string of the molecule is NC(=O)c1c(-c2ccc(Oc3ncnc(NC4CC4)c3Cl)c(F)c2)nn(-c2ncccc2F)c1C(F)(F)F. The van der Waals surface area contributed by atoms with Gasteiger partial charge in [0.1, 0.15) is 17.0 Å². The molecule has 1 saturated carbocycles. The number of ether oxygens (including phenoxy) is 1. The quantitative estimate of drug-likeness (QED) is 0.305. The molecule has 196 valence electrons. The van der Waals surface area contributed by atoms with E-state index < -0.39 is 46.5 Å². The first-order valence-electron chi connectivity index (χ1n) is 10.9. The minimum atomic E-state index is -5.20. The van der Waals surface area contributed by atoms with E-state index in [0.717, 1.165) is 49.4 Å². The summed E-state index contributed by atoms with van der Waals surface area (Å²) in [6.07, 6.45) is -1.10. The van der Waals surface area contributed by atoms with Gasteiger partial charge in [0.05, 0.1) is 5.56 Å². The van der Waals surface area contributed by atoms with Crippen molar-refractivity contribution in [2.75, 3.05) is 5.32 Å². The van der Waals surface area contributed by atoms with E-state index in [9.17, 15) is 22.4 Å². The molecule has 0 radical (unpaired) electrons. The third-order valence-corrected chi connectivity index (χ3v) is 5.77. The van der Waals surface area contributed by atoms with Crippen LogP contribution < -0.4 is 15.8 Å². The summed E-state index contributed by atoms with van der Waals surface area (Å²) >= 11 is 6.26. The van der Waals surface area contributed by atoms with Crippen LogP contribution in [0.15, 0.2) is 42.9 Å². The van der Waals surface area contributed by atoms with Gasteiger partial charge in [-0.3, -0.25) is 4.79 Å². The Morgan fingerprint density at radius 3 is 2.53 bits per heavy atom. The Balaban J connectivity index is 1.57. The molecule has 1 aliphatic rings. The number of benzene rings is 1. The van der Waals surface area contributed by atoms with Gasteiger partial charge in [-0.05, 0) is 43.2 Å². The highest BCUT2D eigenvalue weighted by Crippen LogP contribution is 2.40. The lowest BCUT2D eigenvalue weighted by Gasteiger charge is -2.11. The van der Waals surface area contributed by atoms with Gasteiger partial charge in [0.15, 0.2) is 34.7 Å². The van der Waals surface area contributed by atoms with Crippen molar-refractivity contribution in [3.8, 4) is 28.7 Å². The molecule has 0 spiro atoms. The molecule has 1 fully saturated rings. The predicted octanol–water partition coefficient (Wildman–Crippen LogP) is 5.14. The minimum absolute atomic E-state index is 0.00448. The zero-order valence-corrected chi connectivity index (χ0v) is 19.7. The van der Waals surface area contributed by atoms with Crippen LogP contribution in [0.3, 0.4) is 0 Å². The van der Waals surface area contributed by atoms with Gasteiger partial charge in [-0.25, -0.2) is 23.4 Å². The zero-order valence-electron chi connectivity index (χ0n) is 18.9. The first kappa shape index (κ1) is 25.3. The van der Waals surface area contributed by atoms with E-state index in [1.807, 2.05) is 0 Å². The first-order chi connectivity index (χ1) is 18.0. The topological polar surface area (TPSA) is 121 Å². The normalized spacial score (nSPS) is 13.4. The van der Waals surface area contributed by atoms with Gasteiger partial charge in [0, 0.05) is 17.8 Å². The first-order valence-corrected chi connectivity index (χ1v) is 11.3. The van der Waals surface area contributed by atoms with E-state index in [0.29, 0.717) is 5.82 Å². The molecular formula is C23H15ClF5N7O2. The Labute approximate surface area is 215 Å². The lowest BCUT2D eigenvalue weighted by atomic mass is 10.0. The summed E-state index contributed by atoms with van der Waals surface area (Å²) in [4.78, 5) is 23.6. The van der Waals surface area contributed by atoms with Gasteiger partial charge in [0.25, 0.3) is 5.91 Å². The van der Waals surface area contributed by atoms with Crippen molar-refractivity contribution in [1.29, 1.82) is 0 Å². The minimum Gasteiger partial charge on any atom is -0.434 e. The molecule has 4 aromatic rings. The third kappa shape index (κ3) is 4.81. The van der Waals surface area contributed by atoms with Gasteiger partial charge in [-0.1, -0.05) is 11.6 Å². The van der Waals surface area contributed by atoms with Crippen molar-refractivity contribution >= 4 is 23.3 Å². The van der Waals surface area contributed by atoms with Gasteiger partial charge < -0.3 is 15.8 Å². The molecular weight excluding hydrogens is 537 g/mol. The van der Waals surface area contributed by atoms with Crippen LogP contribution in [0.1, 0.15) is 28.9 Å². The number of halogens is 6. The second kappa shape index (κ2) is 9.52. The summed E-state index contributed by atoms with van der Waals surface area (Å²) in [7, 11) is 0. The fourth-order valence-electron chi connectivity index (χ4n) is 3.58. The van der Waals surface area contributed by atoms with Crippen molar-refractivity contribution in [1.82, 2.24) is 24.7 Å². The molecule has 5 rings (SSSR count). The second-order valence-corrected chi connectivity index (χ2v) is 8.54. The number of alkyl halides is 3. The van der Waals surface area contributed by atoms with Crippen LogP contribution >= 0.6 is 11.6 Å². The standard InChI is InChI=1S/C23H15ClF5N7O2/c24-16-20(34-11-4-5-11)32-9-33-22(16)38-14-6-3-10(8-13(14)26)17-15(19(30)37)18(23(27,28)29)36(35-17)21-12(25)2-1-7-31-21/h1-3,6-9,11H,4-5H2,(H2,30,37)(H,32,33,34). The van der Waals surface area contributed by atoms with Crippen molar-refractivity contribution in [3.05, 3.63) is 70.8 Å². The molecule has 1 amide bonds. The number of amides is 1. The third-order valence-electron chi connectivity index (χ3n) is 5.43. The molecule has 0 saturated heterocycles. The Morgan fingerprint density at radius 2 is 1.89 bits per heavy atom. The number of hydrogen-bond donors (Lipinski definition) is 2. The molecule has 15 heteroatoms. The Hall–Kier alpha value is -4.33. The highest BCUT2D eigenvalue weighted by Gasteiger charge is 2.43. The zero-order chi connectivity index (χ0) is 27.2. The summed E-state index contributed by atoms with van der Waals surface area (Å²) in [5.74, 6) is -4.77. The Morgan fingerprint density at radius 1 is 1.13 bits per heavy atom. The summed E-state index contributed by atoms with van der Waals surface area (Å²) in [6.45, 7) is 0. The number of anilines is 1. The number of aromatic nitrogens is 5. The number of pyridine rings is 1. The molecule has 9 nitrogen and oxygen atoms in total. The highest BCUT2D eigenvalue weighted by molar-refractivity contribution is 6.34. The van der Waals surface area contributed by atoms with Crippen LogP contribution in [-0.2, 0) is 6.18 Å². The van der Waals surface area contributed by atoms with Crippen LogP contribution in [0.25, 0.3) is 17.1 Å². The van der Waals surface area contributed by atoms with Crippen LogP contribution in [0.2, 0.25) is 5.02 Å². The van der Waals surface area contributed by atoms with Crippen LogP contribution in [0.5, 0.6) is 11.6 Å². The molecule has 0 atom stereocenters. The van der Waals surface area contributed by atoms with Crippen LogP contribution in [0.4, 0.5) is 27.8 Å². The molecule has 1 aromatic carbocycles. The number of carbonyl (C=O) groups is 1. The van der Waals surface area contributed by atoms with Crippen molar-refractivity contribution in [2.24, 2.45) is 5.73 Å². The van der Waals surface area contributed by atoms with Crippen LogP contribution in [0, 0.1) is 11.6 Å². The van der Waals surface area contributed by atoms with E-state index in [1.165, 1.54) is 6.33 Å². The van der Waals surface area contributed by atoms with Gasteiger partial charge in [0.2, 0.25) is 5.88 Å². The van der Waals surface area contributed by atoms with E-state index in [2.05, 4.69) is 25.4 Å². The van der Waals surface area contributed by atoms with Crippen LogP contribution in [-0.4, -0.2) is 36.7 Å². The summed E-state index contributed by atoms with van der Waals surface area (Å²) < 4.78 is 77.0. The lowest BCUT2D eigenvalue weighted by molar-refractivity contribution is -0.143. The van der Waals surface area contributed by atoms with Crippen molar-refractivity contribution < 1.29 is 31.5 Å². The maximum Gasteiger partial charge on any atom is 0.434 e. The number of carbonyl (C=O) groups excluding carboxylic acids is 1.